The maximum absolute atomic E-state index is 13.2. The Morgan fingerprint density at radius 3 is 2.73 bits per heavy atom. The molecule has 0 spiro atoms. The lowest BCUT2D eigenvalue weighted by Gasteiger charge is -2.38. The Morgan fingerprint density at radius 2 is 2.04 bits per heavy atom. The zero-order valence-corrected chi connectivity index (χ0v) is 15.9. The summed E-state index contributed by atoms with van der Waals surface area (Å²) in [5.41, 5.74) is 1.46. The van der Waals surface area contributed by atoms with Gasteiger partial charge in [-0.05, 0) is 18.4 Å². The van der Waals surface area contributed by atoms with E-state index in [1.165, 1.54) is 0 Å². The van der Waals surface area contributed by atoms with Crippen molar-refractivity contribution in [3.63, 3.8) is 0 Å². The van der Waals surface area contributed by atoms with Crippen molar-refractivity contribution in [2.45, 2.75) is 26.3 Å². The number of carbonyl (C=O) groups is 2. The van der Waals surface area contributed by atoms with Crippen LogP contribution in [-0.2, 0) is 23.0 Å². The van der Waals surface area contributed by atoms with Crippen molar-refractivity contribution >= 4 is 11.8 Å². The summed E-state index contributed by atoms with van der Waals surface area (Å²) in [7, 11) is 1.79. The summed E-state index contributed by atoms with van der Waals surface area (Å²) in [4.78, 5) is 29.6. The van der Waals surface area contributed by atoms with E-state index in [1.54, 1.807) is 21.5 Å². The Morgan fingerprint density at radius 1 is 1.31 bits per heavy atom. The third-order valence-corrected chi connectivity index (χ3v) is 4.88. The number of carbonyl (C=O) groups excluding carboxylic acids is 2. The normalized spacial score (nSPS) is 21.3. The third-order valence-electron chi connectivity index (χ3n) is 4.88. The zero-order valence-electron chi connectivity index (χ0n) is 15.9. The number of amides is 2. The van der Waals surface area contributed by atoms with Gasteiger partial charge in [0.25, 0.3) is 5.91 Å². The molecular formula is C18H29N5O3. The van der Waals surface area contributed by atoms with Crippen molar-refractivity contribution in [1.82, 2.24) is 24.9 Å². The first-order chi connectivity index (χ1) is 12.5. The van der Waals surface area contributed by atoms with Crippen LogP contribution in [0.15, 0.2) is 6.07 Å². The molecule has 1 aromatic heterocycles. The van der Waals surface area contributed by atoms with Gasteiger partial charge in [-0.3, -0.25) is 14.3 Å². The van der Waals surface area contributed by atoms with E-state index in [2.05, 4.69) is 24.3 Å². The molecule has 8 nitrogen and oxygen atoms in total. The number of nitrogens with zero attached hydrogens (tertiary/aromatic N) is 4. The summed E-state index contributed by atoms with van der Waals surface area (Å²) in [6.07, 6.45) is 0.832. The minimum atomic E-state index is -0.474. The van der Waals surface area contributed by atoms with E-state index in [-0.39, 0.29) is 11.8 Å². The lowest BCUT2D eigenvalue weighted by atomic mass is 10.1. The lowest BCUT2D eigenvalue weighted by molar-refractivity contribution is -0.140. The quantitative estimate of drug-likeness (QED) is 0.808. The predicted octanol–water partition coefficient (Wildman–Crippen LogP) is -0.109. The summed E-state index contributed by atoms with van der Waals surface area (Å²) in [6.45, 7) is 8.23. The molecule has 2 aliphatic heterocycles. The maximum atomic E-state index is 13.2. The van der Waals surface area contributed by atoms with Crippen molar-refractivity contribution in [2.24, 2.45) is 13.0 Å². The Balaban J connectivity index is 1.77. The van der Waals surface area contributed by atoms with Crippen molar-refractivity contribution in [1.29, 1.82) is 0 Å². The van der Waals surface area contributed by atoms with Crippen LogP contribution in [0.5, 0.6) is 0 Å². The topological polar surface area (TPSA) is 79.7 Å². The molecule has 0 bridgehead atoms. The molecule has 0 aliphatic carbocycles. The highest BCUT2D eigenvalue weighted by atomic mass is 16.5. The van der Waals surface area contributed by atoms with Crippen molar-refractivity contribution in [3.8, 4) is 0 Å². The molecule has 2 fully saturated rings. The van der Waals surface area contributed by atoms with Crippen LogP contribution in [0.2, 0.25) is 0 Å². The highest BCUT2D eigenvalue weighted by Gasteiger charge is 2.36. The number of hydrogen-bond donors (Lipinski definition) is 1. The summed E-state index contributed by atoms with van der Waals surface area (Å²) in [5, 5.41) is 7.71. The maximum Gasteiger partial charge on any atom is 0.272 e. The number of hydrogen-bond acceptors (Lipinski definition) is 5. The molecule has 144 valence electrons. The van der Waals surface area contributed by atoms with E-state index in [1.807, 2.05) is 6.07 Å². The second-order valence-electron chi connectivity index (χ2n) is 7.40. The van der Waals surface area contributed by atoms with Crippen LogP contribution >= 0.6 is 0 Å². The molecule has 26 heavy (non-hydrogen) atoms. The summed E-state index contributed by atoms with van der Waals surface area (Å²) >= 11 is 0. The molecule has 1 unspecified atom stereocenters. The molecule has 8 heteroatoms. The van der Waals surface area contributed by atoms with Crippen LogP contribution in [0.3, 0.4) is 0 Å². The first kappa shape index (κ1) is 18.8. The van der Waals surface area contributed by atoms with Gasteiger partial charge in [-0.2, -0.15) is 5.10 Å². The summed E-state index contributed by atoms with van der Waals surface area (Å²) in [6, 6.07) is 1.39. The Kier molecular flexibility index (Phi) is 5.93. The van der Waals surface area contributed by atoms with Gasteiger partial charge in [0, 0.05) is 39.8 Å². The van der Waals surface area contributed by atoms with Gasteiger partial charge in [0.15, 0.2) is 0 Å². The third kappa shape index (κ3) is 4.07. The van der Waals surface area contributed by atoms with Gasteiger partial charge < -0.3 is 19.9 Å². The summed E-state index contributed by atoms with van der Waals surface area (Å²) in [5.74, 6) is 0.351. The fourth-order valence-electron chi connectivity index (χ4n) is 3.55. The second kappa shape index (κ2) is 8.18. The van der Waals surface area contributed by atoms with Crippen molar-refractivity contribution in [3.05, 3.63) is 17.5 Å². The van der Waals surface area contributed by atoms with Gasteiger partial charge >= 0.3 is 0 Å². The average molecular weight is 363 g/mol. The highest BCUT2D eigenvalue weighted by Crippen LogP contribution is 2.16. The Bertz CT molecular complexity index is 651. The van der Waals surface area contributed by atoms with E-state index < -0.39 is 6.04 Å². The van der Waals surface area contributed by atoms with E-state index in [9.17, 15) is 9.59 Å². The van der Waals surface area contributed by atoms with Gasteiger partial charge in [0.1, 0.15) is 11.7 Å². The van der Waals surface area contributed by atoms with Gasteiger partial charge in [0.05, 0.1) is 18.9 Å². The molecule has 1 atom stereocenters. The van der Waals surface area contributed by atoms with Gasteiger partial charge in [0.2, 0.25) is 5.91 Å². The largest absolute Gasteiger partial charge is 0.378 e. The molecule has 2 amide bonds. The van der Waals surface area contributed by atoms with Gasteiger partial charge in [-0.25, -0.2) is 0 Å². The van der Waals surface area contributed by atoms with Gasteiger partial charge in [-0.1, -0.05) is 13.8 Å². The molecule has 3 rings (SSSR count). The number of rotatable bonds is 4. The van der Waals surface area contributed by atoms with Crippen LogP contribution in [0.25, 0.3) is 0 Å². The van der Waals surface area contributed by atoms with E-state index in [0.29, 0.717) is 57.5 Å². The highest BCUT2D eigenvalue weighted by molar-refractivity contribution is 5.96. The second-order valence-corrected chi connectivity index (χ2v) is 7.40. The molecule has 0 aromatic carbocycles. The molecular weight excluding hydrogens is 334 g/mol. The van der Waals surface area contributed by atoms with Crippen LogP contribution in [0.4, 0.5) is 0 Å². The summed E-state index contributed by atoms with van der Waals surface area (Å²) < 4.78 is 6.97. The Hall–Kier alpha value is -1.93. The number of aryl methyl sites for hydroxylation is 1. The van der Waals surface area contributed by atoms with Crippen LogP contribution in [0, 0.1) is 5.92 Å². The van der Waals surface area contributed by atoms with Crippen molar-refractivity contribution in [2.75, 3.05) is 45.9 Å². The number of nitrogens with one attached hydrogen (secondary N) is 1. The zero-order chi connectivity index (χ0) is 18.7. The lowest BCUT2D eigenvalue weighted by Crippen LogP contribution is -2.61. The number of piperazine rings is 1. The smallest absolute Gasteiger partial charge is 0.272 e. The minimum absolute atomic E-state index is 0.00146. The monoisotopic (exact) mass is 363 g/mol. The fourth-order valence-corrected chi connectivity index (χ4v) is 3.55. The molecule has 1 N–H and O–H groups in total. The molecule has 3 heterocycles. The number of morpholine rings is 1. The molecule has 0 saturated carbocycles. The van der Waals surface area contributed by atoms with E-state index >= 15 is 0 Å². The first-order valence-electron chi connectivity index (χ1n) is 9.38. The molecule has 2 aliphatic rings. The van der Waals surface area contributed by atoms with Gasteiger partial charge in [-0.15, -0.1) is 0 Å². The van der Waals surface area contributed by atoms with Crippen LogP contribution < -0.4 is 5.32 Å². The number of aromatic nitrogens is 2. The van der Waals surface area contributed by atoms with E-state index in [4.69, 9.17) is 4.74 Å². The van der Waals surface area contributed by atoms with Crippen LogP contribution in [0.1, 0.15) is 30.0 Å². The van der Waals surface area contributed by atoms with Crippen molar-refractivity contribution < 1.29 is 14.3 Å². The first-order valence-corrected chi connectivity index (χ1v) is 9.38. The standard InChI is InChI=1S/C18H29N5O3/c1-13(2)10-14-11-15(21(3)20-14)18(25)23-5-4-19-12-16(23)17(24)22-6-8-26-9-7-22/h11,13,16,19H,4-10,12H2,1-3H3. The average Bonchev–Trinajstić information content (AvgIpc) is 3.00. The SMILES string of the molecule is CC(C)Cc1cc(C(=O)N2CCNCC2C(=O)N2CCOCC2)n(C)n1. The molecule has 2 saturated heterocycles. The molecule has 0 radical (unpaired) electrons. The predicted molar refractivity (Wildman–Crippen MR) is 96.8 cm³/mol. The van der Waals surface area contributed by atoms with E-state index in [0.717, 1.165) is 12.1 Å². The minimum Gasteiger partial charge on any atom is -0.378 e. The van der Waals surface area contributed by atoms with Crippen LogP contribution in [-0.4, -0.2) is 83.4 Å². The number of ether oxygens (including phenoxy) is 1. The fraction of sp³-hybridized carbons (Fsp3) is 0.722. The molecule has 1 aromatic rings. The Labute approximate surface area is 154 Å².